The van der Waals surface area contributed by atoms with Crippen molar-refractivity contribution >= 4 is 17.5 Å². The molecule has 1 heterocycles. The van der Waals surface area contributed by atoms with Crippen molar-refractivity contribution in [2.24, 2.45) is 0 Å². The minimum atomic E-state index is 0.410. The molecule has 3 rings (SSSR count). The van der Waals surface area contributed by atoms with E-state index in [1.165, 1.54) is 0 Å². The zero-order valence-corrected chi connectivity index (χ0v) is 14.1. The lowest BCUT2D eigenvalue weighted by Crippen LogP contribution is -2.05. The van der Waals surface area contributed by atoms with E-state index in [1.54, 1.807) is 20.4 Å². The number of nitrogens with one attached hydrogen (secondary N) is 2. The van der Waals surface area contributed by atoms with Gasteiger partial charge in [0.15, 0.2) is 5.82 Å². The summed E-state index contributed by atoms with van der Waals surface area (Å²) >= 11 is 0. The van der Waals surface area contributed by atoms with E-state index in [1.807, 2.05) is 48.5 Å². The molecule has 0 fully saturated rings. The smallest absolute Gasteiger partial charge is 0.249 e. The normalized spacial score (nSPS) is 10.2. The van der Waals surface area contributed by atoms with Crippen molar-refractivity contribution in [3.05, 3.63) is 60.3 Å². The topological polar surface area (TPSA) is 81.2 Å². The summed E-state index contributed by atoms with van der Waals surface area (Å²) in [5.41, 5.74) is 1.94. The lowest BCUT2D eigenvalue weighted by atomic mass is 10.2. The number of ether oxygens (including phenoxy) is 2. The fraction of sp³-hybridized carbons (Fsp3) is 0.167. The predicted octanol–water partition coefficient (Wildman–Crippen LogP) is 3.24. The van der Waals surface area contributed by atoms with Gasteiger partial charge < -0.3 is 20.1 Å². The van der Waals surface area contributed by atoms with Crippen molar-refractivity contribution in [3.8, 4) is 11.5 Å². The summed E-state index contributed by atoms with van der Waals surface area (Å²) in [6.45, 7) is 0.626. The first-order valence-electron chi connectivity index (χ1n) is 7.74. The predicted molar refractivity (Wildman–Crippen MR) is 96.4 cm³/mol. The van der Waals surface area contributed by atoms with Gasteiger partial charge in [-0.1, -0.05) is 18.2 Å². The molecule has 0 bridgehead atoms. The maximum atomic E-state index is 5.20. The molecule has 1 aromatic heterocycles. The molecule has 0 radical (unpaired) electrons. The van der Waals surface area contributed by atoms with E-state index < -0.39 is 0 Å². The second kappa shape index (κ2) is 7.96. The van der Waals surface area contributed by atoms with Gasteiger partial charge in [-0.05, 0) is 29.8 Å². The van der Waals surface area contributed by atoms with Crippen LogP contribution in [0.4, 0.5) is 17.5 Å². The third-order valence-corrected chi connectivity index (χ3v) is 3.52. The number of rotatable bonds is 7. The Hall–Kier alpha value is -3.35. The Morgan fingerprint density at radius 2 is 1.76 bits per heavy atom. The molecule has 0 amide bonds. The summed E-state index contributed by atoms with van der Waals surface area (Å²) in [7, 11) is 3.28. The summed E-state index contributed by atoms with van der Waals surface area (Å²) in [4.78, 5) is 4.41. The van der Waals surface area contributed by atoms with Gasteiger partial charge in [-0.3, -0.25) is 0 Å². The number of hydrogen-bond donors (Lipinski definition) is 2. The molecule has 25 heavy (non-hydrogen) atoms. The second-order valence-corrected chi connectivity index (χ2v) is 5.22. The Kier molecular flexibility index (Phi) is 5.26. The number of aromatic nitrogens is 3. The summed E-state index contributed by atoms with van der Waals surface area (Å²) < 4.78 is 10.4. The van der Waals surface area contributed by atoms with Crippen LogP contribution < -0.4 is 20.1 Å². The Morgan fingerprint density at radius 3 is 2.52 bits per heavy atom. The van der Waals surface area contributed by atoms with Gasteiger partial charge in [0.05, 0.1) is 20.4 Å². The van der Waals surface area contributed by atoms with Gasteiger partial charge >= 0.3 is 0 Å². The highest BCUT2D eigenvalue weighted by molar-refractivity contribution is 5.56. The molecule has 0 aliphatic rings. The van der Waals surface area contributed by atoms with Gasteiger partial charge in [0.2, 0.25) is 5.95 Å². The van der Waals surface area contributed by atoms with Gasteiger partial charge in [0.1, 0.15) is 11.5 Å². The van der Waals surface area contributed by atoms with Crippen LogP contribution in [-0.4, -0.2) is 29.4 Å². The van der Waals surface area contributed by atoms with Crippen LogP contribution in [0.15, 0.2) is 54.7 Å². The van der Waals surface area contributed by atoms with Crippen LogP contribution in [0, 0.1) is 0 Å². The van der Waals surface area contributed by atoms with Crippen molar-refractivity contribution in [1.82, 2.24) is 15.2 Å². The van der Waals surface area contributed by atoms with Gasteiger partial charge in [-0.2, -0.15) is 10.1 Å². The van der Waals surface area contributed by atoms with Crippen molar-refractivity contribution in [2.45, 2.75) is 6.54 Å². The largest absolute Gasteiger partial charge is 0.497 e. The summed E-state index contributed by atoms with van der Waals surface area (Å²) in [5, 5.41) is 14.3. The maximum absolute atomic E-state index is 5.20. The van der Waals surface area contributed by atoms with Crippen molar-refractivity contribution in [2.75, 3.05) is 24.9 Å². The van der Waals surface area contributed by atoms with Crippen LogP contribution in [0.2, 0.25) is 0 Å². The lowest BCUT2D eigenvalue weighted by molar-refractivity contribution is 0.414. The molecule has 0 aliphatic heterocycles. The molecule has 0 saturated carbocycles. The van der Waals surface area contributed by atoms with Crippen molar-refractivity contribution in [3.63, 3.8) is 0 Å². The molecule has 0 saturated heterocycles. The van der Waals surface area contributed by atoms with Gasteiger partial charge in [-0.25, -0.2) is 0 Å². The van der Waals surface area contributed by atoms with Crippen molar-refractivity contribution < 1.29 is 9.47 Å². The molecule has 0 aliphatic carbocycles. The average Bonchev–Trinajstić information content (AvgIpc) is 2.67. The van der Waals surface area contributed by atoms with E-state index in [0.717, 1.165) is 22.7 Å². The minimum Gasteiger partial charge on any atom is -0.497 e. The highest BCUT2D eigenvalue weighted by atomic mass is 16.5. The highest BCUT2D eigenvalue weighted by Gasteiger charge is 2.03. The Bertz CT molecular complexity index is 824. The van der Waals surface area contributed by atoms with E-state index >= 15 is 0 Å². The fourth-order valence-corrected chi connectivity index (χ4v) is 2.21. The van der Waals surface area contributed by atoms with E-state index in [-0.39, 0.29) is 0 Å². The zero-order chi connectivity index (χ0) is 17.5. The number of anilines is 3. The zero-order valence-electron chi connectivity index (χ0n) is 14.1. The monoisotopic (exact) mass is 337 g/mol. The van der Waals surface area contributed by atoms with E-state index in [0.29, 0.717) is 18.3 Å². The Balaban J connectivity index is 1.64. The van der Waals surface area contributed by atoms with Crippen LogP contribution in [0.3, 0.4) is 0 Å². The third kappa shape index (κ3) is 4.57. The SMILES string of the molecule is COc1ccc(CNc2cnnc(Nc3cccc(OC)c3)n2)cc1. The molecule has 2 aromatic carbocycles. The first-order valence-corrected chi connectivity index (χ1v) is 7.74. The van der Waals surface area contributed by atoms with Crippen LogP contribution in [0.1, 0.15) is 5.56 Å². The fourth-order valence-electron chi connectivity index (χ4n) is 2.21. The molecule has 2 N–H and O–H groups in total. The molecular formula is C18H19N5O2. The minimum absolute atomic E-state index is 0.410. The van der Waals surface area contributed by atoms with E-state index in [2.05, 4.69) is 25.8 Å². The lowest BCUT2D eigenvalue weighted by Gasteiger charge is -2.09. The number of nitrogens with zero attached hydrogens (tertiary/aromatic N) is 3. The van der Waals surface area contributed by atoms with Crippen LogP contribution >= 0.6 is 0 Å². The van der Waals surface area contributed by atoms with Crippen LogP contribution in [0.25, 0.3) is 0 Å². The second-order valence-electron chi connectivity index (χ2n) is 5.22. The maximum Gasteiger partial charge on any atom is 0.249 e. The number of hydrogen-bond acceptors (Lipinski definition) is 7. The first kappa shape index (κ1) is 16.5. The Morgan fingerprint density at radius 1 is 0.960 bits per heavy atom. The van der Waals surface area contributed by atoms with E-state index in [9.17, 15) is 0 Å². The molecular weight excluding hydrogens is 318 g/mol. The average molecular weight is 337 g/mol. The van der Waals surface area contributed by atoms with Gasteiger partial charge in [0.25, 0.3) is 0 Å². The van der Waals surface area contributed by atoms with Gasteiger partial charge in [-0.15, -0.1) is 5.10 Å². The Labute approximate surface area is 146 Å². The molecule has 128 valence electrons. The van der Waals surface area contributed by atoms with Crippen LogP contribution in [-0.2, 0) is 6.54 Å². The molecule has 0 atom stereocenters. The van der Waals surface area contributed by atoms with Crippen LogP contribution in [0.5, 0.6) is 11.5 Å². The quantitative estimate of drug-likeness (QED) is 0.685. The molecule has 0 spiro atoms. The number of methoxy groups -OCH3 is 2. The molecule has 3 aromatic rings. The summed E-state index contributed by atoms with van der Waals surface area (Å²) in [6, 6.07) is 15.4. The number of benzene rings is 2. The standard InChI is InChI=1S/C18H19N5O2/c1-24-15-8-6-13(7-9-15)11-19-17-12-20-23-18(22-17)21-14-4-3-5-16(10-14)25-2/h3-10,12H,11H2,1-2H3,(H2,19,21,22,23). The highest BCUT2D eigenvalue weighted by Crippen LogP contribution is 2.19. The third-order valence-electron chi connectivity index (χ3n) is 3.52. The molecule has 7 nitrogen and oxygen atoms in total. The molecule has 0 unspecified atom stereocenters. The summed E-state index contributed by atoms with van der Waals surface area (Å²) in [5.74, 6) is 2.63. The van der Waals surface area contributed by atoms with E-state index in [4.69, 9.17) is 9.47 Å². The first-order chi connectivity index (χ1) is 12.3. The molecule has 7 heteroatoms. The van der Waals surface area contributed by atoms with Gasteiger partial charge in [0, 0.05) is 18.3 Å². The summed E-state index contributed by atoms with van der Waals surface area (Å²) in [6.07, 6.45) is 1.58. The van der Waals surface area contributed by atoms with Crippen molar-refractivity contribution in [1.29, 1.82) is 0 Å².